The second-order valence-electron chi connectivity index (χ2n) is 8.93. The number of aryl methyl sites for hydroxylation is 1. The fourth-order valence-electron chi connectivity index (χ4n) is 3.55. The quantitative estimate of drug-likeness (QED) is 0.267. The molecule has 0 spiro atoms. The van der Waals surface area contributed by atoms with Crippen LogP contribution in [0.2, 0.25) is 10.8 Å². The summed E-state index contributed by atoms with van der Waals surface area (Å²) in [5.74, 6) is 0.161. The van der Waals surface area contributed by atoms with E-state index in [0.29, 0.717) is 0 Å². The summed E-state index contributed by atoms with van der Waals surface area (Å²) < 4.78 is 12.7. The molecule has 0 N–H and O–H groups in total. The number of hydrogen-bond acceptors (Lipinski definition) is 2. The van der Waals surface area contributed by atoms with Crippen LogP contribution < -0.4 is 0 Å². The van der Waals surface area contributed by atoms with Crippen molar-refractivity contribution < 1.29 is 9.31 Å². The van der Waals surface area contributed by atoms with Crippen LogP contribution in [0.15, 0.2) is 66.7 Å². The van der Waals surface area contributed by atoms with E-state index in [1.54, 1.807) is 0 Å². The average molecular weight is 411 g/mol. The van der Waals surface area contributed by atoms with Crippen LogP contribution in [0.1, 0.15) is 51.7 Å². The van der Waals surface area contributed by atoms with Gasteiger partial charge in [0.15, 0.2) is 0 Å². The monoisotopic (exact) mass is 410 g/mol. The third kappa shape index (κ3) is 5.98. The molecule has 0 bridgehead atoms. The molecule has 1 fully saturated rings. The van der Waals surface area contributed by atoms with E-state index in [1.807, 2.05) is 12.1 Å². The lowest BCUT2D eigenvalue weighted by Gasteiger charge is -2.32. The van der Waals surface area contributed by atoms with Crippen molar-refractivity contribution in [3.63, 3.8) is 0 Å². The van der Waals surface area contributed by atoms with Crippen molar-refractivity contribution in [1.29, 1.82) is 0 Å². The lowest BCUT2D eigenvalue weighted by Crippen LogP contribution is -2.41. The summed E-state index contributed by atoms with van der Waals surface area (Å²) >= 11 is 6.06. The third-order valence-electron chi connectivity index (χ3n) is 6.07. The highest BCUT2D eigenvalue weighted by molar-refractivity contribution is 6.48. The van der Waals surface area contributed by atoms with E-state index < -0.39 is 0 Å². The lowest BCUT2D eigenvalue weighted by atomic mass is 9.68. The zero-order valence-electron chi connectivity index (χ0n) is 18.0. The number of allylic oxidation sites excluding steroid dienone is 2. The topological polar surface area (TPSA) is 18.5 Å². The van der Waals surface area contributed by atoms with Gasteiger partial charge >= 0.3 is 7.12 Å². The predicted molar refractivity (Wildman–Crippen MR) is 124 cm³/mol. The van der Waals surface area contributed by atoms with E-state index in [9.17, 15) is 0 Å². The molecule has 0 saturated carbocycles. The van der Waals surface area contributed by atoms with Crippen molar-refractivity contribution in [1.82, 2.24) is 0 Å². The Bertz CT molecular complexity index is 783. The van der Waals surface area contributed by atoms with Crippen LogP contribution in [0, 0.1) is 0 Å². The number of rotatable bonds is 8. The third-order valence-corrected chi connectivity index (χ3v) is 6.32. The molecule has 1 aliphatic heterocycles. The van der Waals surface area contributed by atoms with Crippen LogP contribution in [0.4, 0.5) is 0 Å². The number of halogens is 1. The first-order valence-corrected chi connectivity index (χ1v) is 11.0. The van der Waals surface area contributed by atoms with E-state index in [1.165, 1.54) is 11.1 Å². The Morgan fingerprint density at radius 3 is 2.14 bits per heavy atom. The van der Waals surface area contributed by atoms with E-state index in [-0.39, 0.29) is 24.1 Å². The molecule has 0 aliphatic carbocycles. The smallest absolute Gasteiger partial charge is 0.403 e. The summed E-state index contributed by atoms with van der Waals surface area (Å²) in [5.41, 5.74) is 1.99. The van der Waals surface area contributed by atoms with Gasteiger partial charge in [0, 0.05) is 10.8 Å². The van der Waals surface area contributed by atoms with Crippen molar-refractivity contribution in [2.75, 3.05) is 0 Å². The zero-order chi connectivity index (χ0) is 20.9. The van der Waals surface area contributed by atoms with Crippen LogP contribution in [0.3, 0.4) is 0 Å². The molecule has 1 unspecified atom stereocenters. The van der Waals surface area contributed by atoms with Gasteiger partial charge in [-0.1, -0.05) is 66.2 Å². The Labute approximate surface area is 181 Å². The van der Waals surface area contributed by atoms with Gasteiger partial charge in [-0.3, -0.25) is 0 Å². The van der Waals surface area contributed by atoms with Crippen molar-refractivity contribution in [2.24, 2.45) is 0 Å². The molecule has 154 valence electrons. The molecular weight excluding hydrogens is 379 g/mol. The molecule has 0 aromatic heterocycles. The first-order valence-electron chi connectivity index (χ1n) is 10.6. The molecule has 1 aliphatic rings. The molecule has 0 radical (unpaired) electrons. The molecule has 2 aromatic carbocycles. The molecule has 3 rings (SSSR count). The first kappa shape index (κ1) is 22.1. The van der Waals surface area contributed by atoms with Crippen molar-refractivity contribution in [3.05, 3.63) is 82.9 Å². The maximum Gasteiger partial charge on any atom is 0.465 e. The summed E-state index contributed by atoms with van der Waals surface area (Å²) in [7, 11) is -0.249. The summed E-state index contributed by atoms with van der Waals surface area (Å²) in [4.78, 5) is 0. The Morgan fingerprint density at radius 2 is 1.52 bits per heavy atom. The molecule has 1 saturated heterocycles. The predicted octanol–water partition coefficient (Wildman–Crippen LogP) is 6.92. The Hall–Kier alpha value is -1.55. The van der Waals surface area contributed by atoms with Crippen LogP contribution in [-0.2, 0) is 22.2 Å². The fourth-order valence-corrected chi connectivity index (χ4v) is 3.68. The fraction of sp³-hybridized carbons (Fsp3) is 0.440. The summed E-state index contributed by atoms with van der Waals surface area (Å²) in [6.45, 7) is 8.43. The van der Waals surface area contributed by atoms with E-state index >= 15 is 0 Å². The lowest BCUT2D eigenvalue weighted by molar-refractivity contribution is 0.00578. The van der Waals surface area contributed by atoms with Gasteiger partial charge in [-0.25, -0.2) is 0 Å². The Balaban J connectivity index is 1.65. The van der Waals surface area contributed by atoms with Gasteiger partial charge in [0.25, 0.3) is 0 Å². The van der Waals surface area contributed by atoms with E-state index in [0.717, 1.165) is 30.7 Å². The van der Waals surface area contributed by atoms with E-state index in [4.69, 9.17) is 20.9 Å². The van der Waals surface area contributed by atoms with Crippen LogP contribution in [0.5, 0.6) is 0 Å². The largest absolute Gasteiger partial charge is 0.465 e. The SMILES string of the molecule is CC1(C)OB(C(/C=C/CCCc2ccccc2)Cc2ccc(Cl)cc2)OC1(C)C. The molecule has 29 heavy (non-hydrogen) atoms. The van der Waals surface area contributed by atoms with Gasteiger partial charge in [0.1, 0.15) is 0 Å². The molecule has 0 amide bonds. The van der Waals surface area contributed by atoms with E-state index in [2.05, 4.69) is 82.3 Å². The number of unbranched alkanes of at least 4 members (excludes halogenated alkanes) is 1. The minimum atomic E-state index is -0.322. The molecule has 2 nitrogen and oxygen atoms in total. The van der Waals surface area contributed by atoms with Gasteiger partial charge in [0.2, 0.25) is 0 Å². The van der Waals surface area contributed by atoms with Crippen LogP contribution in [0.25, 0.3) is 0 Å². The highest BCUT2D eigenvalue weighted by Crippen LogP contribution is 2.41. The minimum Gasteiger partial charge on any atom is -0.403 e. The maximum atomic E-state index is 6.35. The second-order valence-corrected chi connectivity index (χ2v) is 9.36. The Kier molecular flexibility index (Phi) is 7.26. The standard InChI is InChI=1S/C25H32BClO2/c1-24(2)25(3,4)29-26(28-24)22(19-21-15-17-23(27)18-16-21)14-10-6-9-13-20-11-7-5-8-12-20/h5,7-8,10-12,14-18,22H,6,9,13,19H2,1-4H3/b14-10+. The van der Waals surface area contributed by atoms with Gasteiger partial charge in [-0.2, -0.15) is 0 Å². The second kappa shape index (κ2) is 9.51. The molecule has 4 heteroatoms. The number of hydrogen-bond donors (Lipinski definition) is 0. The highest BCUT2D eigenvalue weighted by Gasteiger charge is 2.53. The summed E-state index contributed by atoms with van der Waals surface area (Å²) in [6.07, 6.45) is 8.71. The van der Waals surface area contributed by atoms with Gasteiger partial charge in [-0.15, -0.1) is 0 Å². The zero-order valence-corrected chi connectivity index (χ0v) is 18.8. The normalized spacial score (nSPS) is 19.0. The van der Waals surface area contributed by atoms with Gasteiger partial charge < -0.3 is 9.31 Å². The van der Waals surface area contributed by atoms with Gasteiger partial charge in [-0.05, 0) is 76.6 Å². The average Bonchev–Trinajstić information content (AvgIpc) is 2.90. The van der Waals surface area contributed by atoms with Gasteiger partial charge in [0.05, 0.1) is 11.2 Å². The Morgan fingerprint density at radius 1 is 0.897 bits per heavy atom. The van der Waals surface area contributed by atoms with Crippen molar-refractivity contribution >= 4 is 18.7 Å². The van der Waals surface area contributed by atoms with Crippen LogP contribution >= 0.6 is 11.6 Å². The number of benzene rings is 2. The minimum absolute atomic E-state index is 0.161. The maximum absolute atomic E-state index is 6.35. The summed E-state index contributed by atoms with van der Waals surface area (Å²) in [5, 5.41) is 0.761. The molecular formula is C25H32BClO2. The summed E-state index contributed by atoms with van der Waals surface area (Å²) in [6, 6.07) is 18.7. The first-order chi connectivity index (χ1) is 13.8. The van der Waals surface area contributed by atoms with Crippen LogP contribution in [-0.4, -0.2) is 18.3 Å². The molecule has 2 aromatic rings. The molecule has 1 heterocycles. The highest BCUT2D eigenvalue weighted by atomic mass is 35.5. The van der Waals surface area contributed by atoms with Crippen molar-refractivity contribution in [3.8, 4) is 0 Å². The molecule has 1 atom stereocenters. The van der Waals surface area contributed by atoms with Crippen molar-refractivity contribution in [2.45, 2.75) is 70.4 Å².